The van der Waals surface area contributed by atoms with Crippen molar-refractivity contribution in [2.75, 3.05) is 20.2 Å². The number of aromatic nitrogens is 2. The molecule has 1 aromatic heterocycles. The first-order valence-electron chi connectivity index (χ1n) is 8.30. The van der Waals surface area contributed by atoms with Crippen molar-refractivity contribution >= 4 is 29.1 Å². The van der Waals surface area contributed by atoms with Crippen LogP contribution in [0.25, 0.3) is 5.69 Å². The van der Waals surface area contributed by atoms with Crippen molar-refractivity contribution in [3.63, 3.8) is 0 Å². The maximum atomic E-state index is 9.04. The van der Waals surface area contributed by atoms with Gasteiger partial charge in [0, 0.05) is 24.2 Å². The van der Waals surface area contributed by atoms with Crippen LogP contribution in [0, 0.1) is 22.7 Å². The molecule has 26 heavy (non-hydrogen) atoms. The van der Waals surface area contributed by atoms with Crippen LogP contribution in [0.3, 0.4) is 0 Å². The number of nitriles is 1. The third-order valence-corrected chi connectivity index (χ3v) is 5.28. The molecule has 1 fully saturated rings. The molecule has 8 heteroatoms. The molecule has 0 radical (unpaired) electrons. The van der Waals surface area contributed by atoms with Crippen molar-refractivity contribution in [3.8, 4) is 11.8 Å². The first-order valence-corrected chi connectivity index (χ1v) is 9.06. The van der Waals surface area contributed by atoms with Crippen molar-refractivity contribution in [3.05, 3.63) is 45.7 Å². The molecule has 1 aliphatic heterocycles. The lowest BCUT2D eigenvalue weighted by Gasteiger charge is -2.28. The van der Waals surface area contributed by atoms with Gasteiger partial charge in [-0.1, -0.05) is 23.2 Å². The van der Waals surface area contributed by atoms with Gasteiger partial charge in [0.05, 0.1) is 28.9 Å². The van der Waals surface area contributed by atoms with Gasteiger partial charge in [0.1, 0.15) is 0 Å². The van der Waals surface area contributed by atoms with Gasteiger partial charge in [-0.3, -0.25) is 10.3 Å². The molecule has 2 aromatic rings. The number of nitrogens with one attached hydrogen (secondary N) is 1. The minimum atomic E-state index is 0.0192. The van der Waals surface area contributed by atoms with Gasteiger partial charge in [0.15, 0.2) is 5.69 Å². The number of ether oxygens (including phenoxy) is 1. The van der Waals surface area contributed by atoms with Crippen molar-refractivity contribution < 1.29 is 4.74 Å². The van der Waals surface area contributed by atoms with Crippen LogP contribution in [0.4, 0.5) is 0 Å². The van der Waals surface area contributed by atoms with Crippen LogP contribution in [0.15, 0.2) is 24.4 Å². The van der Waals surface area contributed by atoms with E-state index in [2.05, 4.69) is 16.1 Å². The summed E-state index contributed by atoms with van der Waals surface area (Å²) in [5.41, 5.74) is 2.17. The zero-order valence-corrected chi connectivity index (χ0v) is 15.9. The summed E-state index contributed by atoms with van der Waals surface area (Å²) < 4.78 is 6.77. The Hall–Kier alpha value is -2.07. The number of piperidine rings is 1. The predicted molar refractivity (Wildman–Crippen MR) is 101 cm³/mol. The highest BCUT2D eigenvalue weighted by Crippen LogP contribution is 2.26. The Balaban J connectivity index is 1.86. The molecule has 0 spiro atoms. The number of methoxy groups -OCH3 is 1. The Labute approximate surface area is 162 Å². The lowest BCUT2D eigenvalue weighted by atomic mass is 9.98. The molecule has 1 aromatic carbocycles. The number of halogens is 2. The topological polar surface area (TPSA) is 77.9 Å². The SMILES string of the molecule is COC(=N)c1nn(-c2ccc(Cl)c(Cl)c2)cc1CN1CCC(C#N)CC1. The average Bonchev–Trinajstić information content (AvgIpc) is 3.07. The molecule has 0 atom stereocenters. The van der Waals surface area contributed by atoms with Crippen molar-refractivity contribution in [1.82, 2.24) is 14.7 Å². The third kappa shape index (κ3) is 4.01. The second kappa shape index (κ2) is 8.09. The van der Waals surface area contributed by atoms with Crippen LogP contribution in [-0.4, -0.2) is 40.8 Å². The third-order valence-electron chi connectivity index (χ3n) is 4.54. The van der Waals surface area contributed by atoms with Gasteiger partial charge in [-0.15, -0.1) is 0 Å². The Morgan fingerprint density at radius 1 is 1.35 bits per heavy atom. The second-order valence-corrected chi connectivity index (χ2v) is 7.07. The van der Waals surface area contributed by atoms with Crippen LogP contribution < -0.4 is 0 Å². The highest BCUT2D eigenvalue weighted by atomic mass is 35.5. The predicted octanol–water partition coefficient (Wildman–Crippen LogP) is 3.89. The molecule has 6 nitrogen and oxygen atoms in total. The Bertz CT molecular complexity index is 850. The Morgan fingerprint density at radius 2 is 2.08 bits per heavy atom. The fourth-order valence-corrected chi connectivity index (χ4v) is 3.33. The van der Waals surface area contributed by atoms with E-state index < -0.39 is 0 Å². The van der Waals surface area contributed by atoms with E-state index in [1.165, 1.54) is 7.11 Å². The second-order valence-electron chi connectivity index (χ2n) is 6.26. The largest absolute Gasteiger partial charge is 0.480 e. The molecule has 0 amide bonds. The summed E-state index contributed by atoms with van der Waals surface area (Å²) in [6.07, 6.45) is 3.63. The van der Waals surface area contributed by atoms with Crippen molar-refractivity contribution in [1.29, 1.82) is 10.7 Å². The zero-order valence-electron chi connectivity index (χ0n) is 14.4. The number of hydrogen-bond acceptors (Lipinski definition) is 5. The molecule has 0 unspecified atom stereocenters. The molecule has 2 heterocycles. The molecule has 0 aliphatic carbocycles. The van der Waals surface area contributed by atoms with Crippen LogP contribution in [0.1, 0.15) is 24.1 Å². The maximum Gasteiger partial charge on any atom is 0.234 e. The van der Waals surface area contributed by atoms with E-state index in [4.69, 9.17) is 38.6 Å². The lowest BCUT2D eigenvalue weighted by molar-refractivity contribution is 0.198. The van der Waals surface area contributed by atoms with E-state index in [9.17, 15) is 0 Å². The molecule has 0 bridgehead atoms. The maximum absolute atomic E-state index is 9.04. The minimum absolute atomic E-state index is 0.0192. The highest BCUT2D eigenvalue weighted by molar-refractivity contribution is 6.42. The normalized spacial score (nSPS) is 15.6. The van der Waals surface area contributed by atoms with E-state index in [1.54, 1.807) is 16.8 Å². The fourth-order valence-electron chi connectivity index (χ4n) is 3.03. The molecular weight excluding hydrogens is 373 g/mol. The summed E-state index contributed by atoms with van der Waals surface area (Å²) in [6.45, 7) is 2.37. The number of benzene rings is 1. The zero-order chi connectivity index (χ0) is 18.7. The monoisotopic (exact) mass is 391 g/mol. The van der Waals surface area contributed by atoms with Gasteiger partial charge >= 0.3 is 0 Å². The van der Waals surface area contributed by atoms with Gasteiger partial charge in [0.25, 0.3) is 0 Å². The smallest absolute Gasteiger partial charge is 0.234 e. The number of rotatable bonds is 4. The molecule has 1 N–H and O–H groups in total. The Morgan fingerprint density at radius 3 is 2.69 bits per heavy atom. The van der Waals surface area contributed by atoms with Gasteiger partial charge in [-0.05, 0) is 44.1 Å². The van der Waals surface area contributed by atoms with Gasteiger partial charge in [0.2, 0.25) is 5.90 Å². The lowest BCUT2D eigenvalue weighted by Crippen LogP contribution is -2.33. The standard InChI is InChI=1S/C18H19Cl2N5O/c1-26-18(22)17-13(10-24-6-4-12(9-21)5-7-24)11-25(23-17)14-2-3-15(19)16(20)8-14/h2-3,8,11-12,22H,4-7,10H2,1H3. The van der Waals surface area contributed by atoms with E-state index in [0.717, 1.165) is 37.2 Å². The van der Waals surface area contributed by atoms with E-state index in [1.807, 2.05) is 12.3 Å². The molecule has 136 valence electrons. The van der Waals surface area contributed by atoms with Crippen LogP contribution in [0.5, 0.6) is 0 Å². The molecule has 1 saturated heterocycles. The number of nitrogens with zero attached hydrogens (tertiary/aromatic N) is 4. The van der Waals surface area contributed by atoms with E-state index in [0.29, 0.717) is 22.3 Å². The van der Waals surface area contributed by atoms with Gasteiger partial charge in [-0.2, -0.15) is 10.4 Å². The molecule has 0 saturated carbocycles. The molecule has 3 rings (SSSR count). The summed E-state index contributed by atoms with van der Waals surface area (Å²) in [4.78, 5) is 2.27. The van der Waals surface area contributed by atoms with Crippen LogP contribution in [-0.2, 0) is 11.3 Å². The number of likely N-dealkylation sites (tertiary alicyclic amines) is 1. The first-order chi connectivity index (χ1) is 12.5. The number of hydrogen-bond donors (Lipinski definition) is 1. The minimum Gasteiger partial charge on any atom is -0.480 e. The van der Waals surface area contributed by atoms with Crippen LogP contribution >= 0.6 is 23.2 Å². The fraction of sp³-hybridized carbons (Fsp3) is 0.389. The van der Waals surface area contributed by atoms with Crippen LogP contribution in [0.2, 0.25) is 10.0 Å². The summed E-state index contributed by atoms with van der Waals surface area (Å²) in [7, 11) is 1.46. The van der Waals surface area contributed by atoms with Gasteiger partial charge in [-0.25, -0.2) is 4.68 Å². The molecule has 1 aliphatic rings. The quantitative estimate of drug-likeness (QED) is 0.633. The van der Waals surface area contributed by atoms with E-state index in [-0.39, 0.29) is 11.8 Å². The summed E-state index contributed by atoms with van der Waals surface area (Å²) in [5, 5.41) is 22.5. The summed E-state index contributed by atoms with van der Waals surface area (Å²) in [5.74, 6) is 0.160. The van der Waals surface area contributed by atoms with Crippen molar-refractivity contribution in [2.24, 2.45) is 5.92 Å². The van der Waals surface area contributed by atoms with Crippen molar-refractivity contribution in [2.45, 2.75) is 19.4 Å². The van der Waals surface area contributed by atoms with Gasteiger partial charge < -0.3 is 4.74 Å². The average molecular weight is 392 g/mol. The summed E-state index contributed by atoms with van der Waals surface area (Å²) >= 11 is 12.1. The first kappa shape index (κ1) is 18.7. The van der Waals surface area contributed by atoms with E-state index >= 15 is 0 Å². The molecular formula is C18H19Cl2N5O. The summed E-state index contributed by atoms with van der Waals surface area (Å²) in [6, 6.07) is 7.62. The Kier molecular flexibility index (Phi) is 5.82. The highest BCUT2D eigenvalue weighted by Gasteiger charge is 2.22.